The zero-order valence-corrected chi connectivity index (χ0v) is 12.0. The number of amides is 1. The van der Waals surface area contributed by atoms with Crippen molar-refractivity contribution in [2.45, 2.75) is 0 Å². The number of carboxylic acid groups (broad SMARTS) is 1. The number of nitrogens with one attached hydrogen (secondary N) is 2. The average molecular weight is 315 g/mol. The van der Waals surface area contributed by atoms with Crippen molar-refractivity contribution in [3.63, 3.8) is 0 Å². The van der Waals surface area contributed by atoms with Gasteiger partial charge in [-0.05, 0) is 36.4 Å². The number of carbonyl (C=O) groups is 2. The van der Waals surface area contributed by atoms with Crippen molar-refractivity contribution in [2.75, 3.05) is 5.32 Å². The molecule has 0 radical (unpaired) electrons. The third-order valence-electron chi connectivity index (χ3n) is 3.26. The molecule has 6 heteroatoms. The standard InChI is InChI=1S/C16H11ClN2O3/c17-10-4-5-14-12(7-10)13(8-18-14)15(20)19-11-3-1-2-9(6-11)16(21)22/h1-8,18H,(H,19,20)(H,21,22). The zero-order chi connectivity index (χ0) is 15.7. The molecule has 3 aromatic rings. The van der Waals surface area contributed by atoms with E-state index in [1.54, 1.807) is 36.5 Å². The lowest BCUT2D eigenvalue weighted by Crippen LogP contribution is -2.11. The Morgan fingerprint density at radius 2 is 1.95 bits per heavy atom. The number of aromatic nitrogens is 1. The highest BCUT2D eigenvalue weighted by molar-refractivity contribution is 6.31. The number of benzene rings is 2. The molecule has 0 spiro atoms. The van der Waals surface area contributed by atoms with Crippen LogP contribution >= 0.6 is 11.6 Å². The first kappa shape index (κ1) is 14.2. The van der Waals surface area contributed by atoms with Gasteiger partial charge >= 0.3 is 5.97 Å². The van der Waals surface area contributed by atoms with Gasteiger partial charge in [0.25, 0.3) is 5.91 Å². The Bertz CT molecular complexity index is 886. The molecule has 22 heavy (non-hydrogen) atoms. The number of aromatic carboxylic acids is 1. The van der Waals surface area contributed by atoms with Crippen LogP contribution in [0.5, 0.6) is 0 Å². The molecule has 5 nitrogen and oxygen atoms in total. The summed E-state index contributed by atoms with van der Waals surface area (Å²) in [6.07, 6.45) is 1.59. The van der Waals surface area contributed by atoms with Gasteiger partial charge in [0.05, 0.1) is 11.1 Å². The number of hydrogen-bond donors (Lipinski definition) is 3. The van der Waals surface area contributed by atoms with Gasteiger partial charge in [-0.2, -0.15) is 0 Å². The molecule has 3 rings (SSSR count). The Labute approximate surface area is 130 Å². The molecule has 1 heterocycles. The fourth-order valence-electron chi connectivity index (χ4n) is 2.21. The minimum Gasteiger partial charge on any atom is -0.478 e. The number of rotatable bonds is 3. The Morgan fingerprint density at radius 1 is 1.14 bits per heavy atom. The number of halogens is 1. The summed E-state index contributed by atoms with van der Waals surface area (Å²) >= 11 is 5.96. The Morgan fingerprint density at radius 3 is 2.73 bits per heavy atom. The van der Waals surface area contributed by atoms with Gasteiger partial charge in [0.2, 0.25) is 0 Å². The molecule has 0 aliphatic carbocycles. The minimum atomic E-state index is -1.05. The van der Waals surface area contributed by atoms with Crippen LogP contribution in [0.2, 0.25) is 5.02 Å². The first-order valence-electron chi connectivity index (χ1n) is 6.46. The maximum atomic E-state index is 12.4. The highest BCUT2D eigenvalue weighted by Crippen LogP contribution is 2.23. The summed E-state index contributed by atoms with van der Waals surface area (Å²) in [5.41, 5.74) is 1.77. The van der Waals surface area contributed by atoms with Gasteiger partial charge in [-0.25, -0.2) is 4.79 Å². The van der Waals surface area contributed by atoms with E-state index in [4.69, 9.17) is 16.7 Å². The zero-order valence-electron chi connectivity index (χ0n) is 11.3. The third kappa shape index (κ3) is 2.66. The highest BCUT2D eigenvalue weighted by atomic mass is 35.5. The van der Waals surface area contributed by atoms with Crippen molar-refractivity contribution in [3.05, 3.63) is 64.8 Å². The topological polar surface area (TPSA) is 82.2 Å². The number of carbonyl (C=O) groups excluding carboxylic acids is 1. The van der Waals surface area contributed by atoms with Crippen LogP contribution in [0, 0.1) is 0 Å². The van der Waals surface area contributed by atoms with Gasteiger partial charge in [0.15, 0.2) is 0 Å². The predicted octanol–water partition coefficient (Wildman–Crippen LogP) is 3.77. The molecule has 0 fully saturated rings. The molecular formula is C16H11ClN2O3. The van der Waals surface area contributed by atoms with E-state index in [-0.39, 0.29) is 11.5 Å². The summed E-state index contributed by atoms with van der Waals surface area (Å²) in [7, 11) is 0. The van der Waals surface area contributed by atoms with Crippen LogP contribution < -0.4 is 5.32 Å². The lowest BCUT2D eigenvalue weighted by Gasteiger charge is -2.05. The number of carboxylic acids is 1. The first-order chi connectivity index (χ1) is 10.5. The average Bonchev–Trinajstić information content (AvgIpc) is 2.90. The molecule has 0 unspecified atom stereocenters. The van der Waals surface area contributed by atoms with E-state index >= 15 is 0 Å². The van der Waals surface area contributed by atoms with Gasteiger partial charge in [-0.3, -0.25) is 4.79 Å². The van der Waals surface area contributed by atoms with Gasteiger partial charge in [-0.15, -0.1) is 0 Å². The smallest absolute Gasteiger partial charge is 0.335 e. The predicted molar refractivity (Wildman–Crippen MR) is 84.7 cm³/mol. The van der Waals surface area contributed by atoms with Crippen molar-refractivity contribution in [1.82, 2.24) is 4.98 Å². The second kappa shape index (κ2) is 5.54. The Balaban J connectivity index is 1.92. The third-order valence-corrected chi connectivity index (χ3v) is 3.49. The SMILES string of the molecule is O=C(O)c1cccc(NC(=O)c2c[nH]c3ccc(Cl)cc23)c1. The van der Waals surface area contributed by atoms with Crippen molar-refractivity contribution >= 4 is 40.1 Å². The van der Waals surface area contributed by atoms with Gasteiger partial charge in [-0.1, -0.05) is 17.7 Å². The normalized spacial score (nSPS) is 10.6. The molecule has 0 bridgehead atoms. The largest absolute Gasteiger partial charge is 0.478 e. The molecule has 1 amide bonds. The number of hydrogen-bond acceptors (Lipinski definition) is 2. The summed E-state index contributed by atoms with van der Waals surface area (Å²) in [6, 6.07) is 11.3. The van der Waals surface area contributed by atoms with E-state index in [2.05, 4.69) is 10.3 Å². The number of anilines is 1. The lowest BCUT2D eigenvalue weighted by atomic mass is 10.1. The molecule has 110 valence electrons. The highest BCUT2D eigenvalue weighted by Gasteiger charge is 2.13. The van der Waals surface area contributed by atoms with Gasteiger partial charge in [0.1, 0.15) is 0 Å². The summed E-state index contributed by atoms with van der Waals surface area (Å²) < 4.78 is 0. The van der Waals surface area contributed by atoms with Crippen LogP contribution in [-0.4, -0.2) is 22.0 Å². The van der Waals surface area contributed by atoms with Crippen molar-refractivity contribution in [1.29, 1.82) is 0 Å². The molecule has 0 atom stereocenters. The van der Waals surface area contributed by atoms with E-state index in [1.807, 2.05) is 0 Å². The van der Waals surface area contributed by atoms with E-state index in [0.29, 0.717) is 21.7 Å². The molecule has 2 aromatic carbocycles. The van der Waals surface area contributed by atoms with Gasteiger partial charge < -0.3 is 15.4 Å². The van der Waals surface area contributed by atoms with Crippen LogP contribution in [0.15, 0.2) is 48.7 Å². The van der Waals surface area contributed by atoms with Crippen LogP contribution in [0.3, 0.4) is 0 Å². The number of aromatic amines is 1. The molecule has 3 N–H and O–H groups in total. The van der Waals surface area contributed by atoms with Crippen LogP contribution in [-0.2, 0) is 0 Å². The van der Waals surface area contributed by atoms with Crippen molar-refractivity contribution in [3.8, 4) is 0 Å². The summed E-state index contributed by atoms with van der Waals surface area (Å²) in [5, 5.41) is 12.9. The maximum absolute atomic E-state index is 12.4. The Hall–Kier alpha value is -2.79. The van der Waals surface area contributed by atoms with Crippen molar-refractivity contribution < 1.29 is 14.7 Å². The van der Waals surface area contributed by atoms with Gasteiger partial charge in [0, 0.05) is 27.8 Å². The molecule has 0 saturated carbocycles. The first-order valence-corrected chi connectivity index (χ1v) is 6.84. The number of fused-ring (bicyclic) bond motifs is 1. The summed E-state index contributed by atoms with van der Waals surface area (Å²) in [4.78, 5) is 26.3. The van der Waals surface area contributed by atoms with Crippen LogP contribution in [0.1, 0.15) is 20.7 Å². The molecular weight excluding hydrogens is 304 g/mol. The van der Waals surface area contributed by atoms with E-state index in [1.165, 1.54) is 12.1 Å². The second-order valence-corrected chi connectivity index (χ2v) is 5.17. The van der Waals surface area contributed by atoms with Crippen LogP contribution in [0.4, 0.5) is 5.69 Å². The Kier molecular flexibility index (Phi) is 3.56. The quantitative estimate of drug-likeness (QED) is 0.688. The number of H-pyrrole nitrogens is 1. The van der Waals surface area contributed by atoms with Crippen molar-refractivity contribution in [2.24, 2.45) is 0 Å². The van der Waals surface area contributed by atoms with E-state index < -0.39 is 5.97 Å². The van der Waals surface area contributed by atoms with E-state index in [9.17, 15) is 9.59 Å². The maximum Gasteiger partial charge on any atom is 0.335 e. The minimum absolute atomic E-state index is 0.111. The fourth-order valence-corrected chi connectivity index (χ4v) is 2.38. The lowest BCUT2D eigenvalue weighted by molar-refractivity contribution is 0.0696. The summed E-state index contributed by atoms with van der Waals surface area (Å²) in [5.74, 6) is -1.38. The summed E-state index contributed by atoms with van der Waals surface area (Å²) in [6.45, 7) is 0. The molecule has 0 aliphatic rings. The van der Waals surface area contributed by atoms with Crippen LogP contribution in [0.25, 0.3) is 10.9 Å². The molecule has 0 aliphatic heterocycles. The fraction of sp³-hybridized carbons (Fsp3) is 0. The molecule has 0 saturated heterocycles. The van der Waals surface area contributed by atoms with E-state index in [0.717, 1.165) is 5.52 Å². The second-order valence-electron chi connectivity index (χ2n) is 4.73. The monoisotopic (exact) mass is 314 g/mol. The molecule has 1 aromatic heterocycles.